The van der Waals surface area contributed by atoms with Crippen LogP contribution in [0.4, 0.5) is 3.89 Å². The van der Waals surface area contributed by atoms with E-state index in [-0.39, 0.29) is 17.7 Å². The fourth-order valence-electron chi connectivity index (χ4n) is 3.60. The SMILES string of the molecule is O=C(C1CCCC1)N1CCC(NCc2ccc(OS(=O)(=O)F)cc2)C1. The Hall–Kier alpha value is -1.67. The van der Waals surface area contributed by atoms with Crippen LogP contribution in [0.3, 0.4) is 0 Å². The summed E-state index contributed by atoms with van der Waals surface area (Å²) in [6.45, 7) is 2.13. The van der Waals surface area contributed by atoms with Crippen molar-refractivity contribution in [3.63, 3.8) is 0 Å². The molecule has 8 heteroatoms. The minimum atomic E-state index is -4.99. The molecule has 1 heterocycles. The van der Waals surface area contributed by atoms with E-state index in [0.29, 0.717) is 12.5 Å². The van der Waals surface area contributed by atoms with Crippen molar-refractivity contribution in [3.05, 3.63) is 29.8 Å². The molecule has 138 valence electrons. The Morgan fingerprint density at radius 2 is 1.88 bits per heavy atom. The van der Waals surface area contributed by atoms with E-state index in [2.05, 4.69) is 9.50 Å². The summed E-state index contributed by atoms with van der Waals surface area (Å²) in [5, 5.41) is 3.41. The number of rotatable bonds is 6. The monoisotopic (exact) mass is 370 g/mol. The van der Waals surface area contributed by atoms with Gasteiger partial charge >= 0.3 is 10.5 Å². The van der Waals surface area contributed by atoms with E-state index in [0.717, 1.165) is 50.8 Å². The number of likely N-dealkylation sites (tertiary alicyclic amines) is 1. The highest BCUT2D eigenvalue weighted by Crippen LogP contribution is 2.28. The van der Waals surface area contributed by atoms with E-state index in [1.165, 1.54) is 12.1 Å². The van der Waals surface area contributed by atoms with Gasteiger partial charge in [0, 0.05) is 31.6 Å². The van der Waals surface area contributed by atoms with Crippen LogP contribution in [-0.4, -0.2) is 38.4 Å². The summed E-state index contributed by atoms with van der Waals surface area (Å²) in [6.07, 6.45) is 5.30. The maximum atomic E-state index is 12.4. The van der Waals surface area contributed by atoms with Crippen molar-refractivity contribution in [2.45, 2.75) is 44.7 Å². The van der Waals surface area contributed by atoms with E-state index >= 15 is 0 Å². The van der Waals surface area contributed by atoms with Crippen LogP contribution < -0.4 is 9.50 Å². The fourth-order valence-corrected chi connectivity index (χ4v) is 3.94. The molecule has 1 aliphatic heterocycles. The standard InChI is InChI=1S/C17H23FN2O4S/c18-25(22,23)24-16-7-5-13(6-8-16)11-19-15-9-10-20(12-15)17(21)14-3-1-2-4-14/h5-8,14-15,19H,1-4,9-12H2. The quantitative estimate of drug-likeness (QED) is 0.777. The molecule has 2 fully saturated rings. The number of amides is 1. The Bertz CT molecular complexity index is 702. The smallest absolute Gasteiger partial charge is 0.358 e. The molecule has 0 bridgehead atoms. The van der Waals surface area contributed by atoms with Crippen molar-refractivity contribution in [1.82, 2.24) is 10.2 Å². The first-order chi connectivity index (χ1) is 11.9. The molecule has 1 saturated carbocycles. The third kappa shape index (κ3) is 5.15. The molecule has 0 aromatic heterocycles. The van der Waals surface area contributed by atoms with Gasteiger partial charge < -0.3 is 14.4 Å². The van der Waals surface area contributed by atoms with Crippen LogP contribution in [0.25, 0.3) is 0 Å². The van der Waals surface area contributed by atoms with Crippen LogP contribution in [0.5, 0.6) is 5.75 Å². The number of nitrogens with zero attached hydrogens (tertiary/aromatic N) is 1. The largest absolute Gasteiger partial charge is 0.488 e. The number of hydrogen-bond donors (Lipinski definition) is 1. The predicted octanol–water partition coefficient (Wildman–Crippen LogP) is 2.16. The van der Waals surface area contributed by atoms with Gasteiger partial charge in [-0.2, -0.15) is 8.42 Å². The summed E-state index contributed by atoms with van der Waals surface area (Å²) < 4.78 is 37.5. The van der Waals surface area contributed by atoms with E-state index in [1.54, 1.807) is 12.1 Å². The number of carbonyl (C=O) groups excluding carboxylic acids is 1. The third-order valence-corrected chi connectivity index (χ3v) is 5.31. The molecule has 1 aliphatic carbocycles. The van der Waals surface area contributed by atoms with Gasteiger partial charge in [0.25, 0.3) is 0 Å². The lowest BCUT2D eigenvalue weighted by Crippen LogP contribution is -2.37. The minimum Gasteiger partial charge on any atom is -0.358 e. The molecule has 1 unspecified atom stereocenters. The number of carbonyl (C=O) groups is 1. The first-order valence-electron chi connectivity index (χ1n) is 8.66. The molecule has 1 atom stereocenters. The molecule has 0 spiro atoms. The van der Waals surface area contributed by atoms with E-state index in [1.807, 2.05) is 4.90 Å². The summed E-state index contributed by atoms with van der Waals surface area (Å²) in [4.78, 5) is 14.4. The molecule has 0 radical (unpaired) electrons. The minimum absolute atomic E-state index is 0.0551. The van der Waals surface area contributed by atoms with Crippen molar-refractivity contribution in [3.8, 4) is 5.75 Å². The first-order valence-corrected chi connectivity index (χ1v) is 9.97. The highest BCUT2D eigenvalue weighted by Gasteiger charge is 2.31. The normalized spacial score (nSPS) is 21.6. The van der Waals surface area contributed by atoms with Gasteiger partial charge in [-0.05, 0) is 37.0 Å². The lowest BCUT2D eigenvalue weighted by Gasteiger charge is -2.20. The molecule has 3 rings (SSSR count). The molecule has 6 nitrogen and oxygen atoms in total. The van der Waals surface area contributed by atoms with Gasteiger partial charge in [0.15, 0.2) is 0 Å². The Morgan fingerprint density at radius 1 is 1.20 bits per heavy atom. The van der Waals surface area contributed by atoms with Crippen molar-refractivity contribution in [1.29, 1.82) is 0 Å². The van der Waals surface area contributed by atoms with Gasteiger partial charge in [-0.3, -0.25) is 4.79 Å². The highest BCUT2D eigenvalue weighted by atomic mass is 32.3. The van der Waals surface area contributed by atoms with Crippen molar-refractivity contribution >= 4 is 16.4 Å². The highest BCUT2D eigenvalue weighted by molar-refractivity contribution is 7.81. The maximum absolute atomic E-state index is 12.4. The van der Waals surface area contributed by atoms with Crippen molar-refractivity contribution in [2.75, 3.05) is 13.1 Å². The molecule has 2 aliphatic rings. The molecule has 1 N–H and O–H groups in total. The number of halogens is 1. The second-order valence-electron chi connectivity index (χ2n) is 6.75. The van der Waals surface area contributed by atoms with Crippen LogP contribution in [0.2, 0.25) is 0 Å². The number of benzene rings is 1. The van der Waals surface area contributed by atoms with Gasteiger partial charge in [-0.25, -0.2) is 0 Å². The van der Waals surface area contributed by atoms with E-state index in [9.17, 15) is 17.1 Å². The Balaban J connectivity index is 1.45. The zero-order valence-electron chi connectivity index (χ0n) is 14.0. The summed E-state index contributed by atoms with van der Waals surface area (Å²) in [7, 11) is -4.99. The summed E-state index contributed by atoms with van der Waals surface area (Å²) in [5.74, 6) is 0.467. The molecule has 1 amide bonds. The van der Waals surface area contributed by atoms with E-state index in [4.69, 9.17) is 0 Å². The average Bonchev–Trinajstić information content (AvgIpc) is 3.24. The van der Waals surface area contributed by atoms with Crippen molar-refractivity contribution in [2.24, 2.45) is 5.92 Å². The van der Waals surface area contributed by atoms with Gasteiger partial charge in [-0.15, -0.1) is 0 Å². The molecule has 1 saturated heterocycles. The molecule has 25 heavy (non-hydrogen) atoms. The van der Waals surface area contributed by atoms with Crippen molar-refractivity contribution < 1.29 is 21.3 Å². The average molecular weight is 370 g/mol. The molecular weight excluding hydrogens is 347 g/mol. The topological polar surface area (TPSA) is 75.7 Å². The van der Waals surface area contributed by atoms with Crippen LogP contribution >= 0.6 is 0 Å². The fraction of sp³-hybridized carbons (Fsp3) is 0.588. The van der Waals surface area contributed by atoms with Crippen LogP contribution in [0.15, 0.2) is 24.3 Å². The Kier molecular flexibility index (Phi) is 5.58. The Morgan fingerprint density at radius 3 is 2.52 bits per heavy atom. The molecule has 1 aromatic carbocycles. The second kappa shape index (κ2) is 7.70. The van der Waals surface area contributed by atoms with Crippen LogP contribution in [0.1, 0.15) is 37.7 Å². The lowest BCUT2D eigenvalue weighted by molar-refractivity contribution is -0.134. The number of nitrogens with one attached hydrogen (secondary N) is 1. The maximum Gasteiger partial charge on any atom is 0.488 e. The lowest BCUT2D eigenvalue weighted by atomic mass is 10.1. The predicted molar refractivity (Wildman–Crippen MR) is 90.9 cm³/mol. The third-order valence-electron chi connectivity index (χ3n) is 4.92. The number of hydrogen-bond acceptors (Lipinski definition) is 5. The summed E-state index contributed by atoms with van der Waals surface area (Å²) in [5.41, 5.74) is 0.934. The van der Waals surface area contributed by atoms with E-state index < -0.39 is 10.5 Å². The molecular formula is C17H23FN2O4S. The zero-order chi connectivity index (χ0) is 17.9. The second-order valence-corrected chi connectivity index (χ2v) is 7.71. The van der Waals surface area contributed by atoms with Gasteiger partial charge in [-0.1, -0.05) is 28.9 Å². The zero-order valence-corrected chi connectivity index (χ0v) is 14.8. The Labute approximate surface area is 147 Å². The van der Waals surface area contributed by atoms with Crippen LogP contribution in [-0.2, 0) is 21.8 Å². The van der Waals surface area contributed by atoms with Gasteiger partial charge in [0.1, 0.15) is 5.75 Å². The summed E-state index contributed by atoms with van der Waals surface area (Å²) in [6, 6.07) is 6.46. The van der Waals surface area contributed by atoms with Crippen LogP contribution in [0, 0.1) is 5.92 Å². The van der Waals surface area contributed by atoms with Gasteiger partial charge in [0.2, 0.25) is 5.91 Å². The summed E-state index contributed by atoms with van der Waals surface area (Å²) >= 11 is 0. The molecule has 1 aromatic rings. The first kappa shape index (κ1) is 18.1. The van der Waals surface area contributed by atoms with Gasteiger partial charge in [0.05, 0.1) is 0 Å².